The smallest absolute Gasteiger partial charge is 0.141 e. The standard InChI is InChI=1S/C24H21F2N/c1-2-3-19-11-18-6-5-17-10-15(8-9-21(17)22(18)13-24(19)26)16-4-7-20(14-27)23(25)12-16/h4-10,12,19,24H,2-3,11,13H2,1H3/t19-,24-/m0/s1. The third kappa shape index (κ3) is 3.21. The third-order valence-electron chi connectivity index (χ3n) is 5.70. The molecule has 2 atom stereocenters. The van der Waals surface area contributed by atoms with Crippen molar-refractivity contribution in [2.24, 2.45) is 5.92 Å². The minimum atomic E-state index is -0.782. The minimum Gasteiger partial charge on any atom is -0.247 e. The third-order valence-corrected chi connectivity index (χ3v) is 5.70. The maximum atomic E-state index is 14.6. The number of hydrogen-bond donors (Lipinski definition) is 0. The van der Waals surface area contributed by atoms with Gasteiger partial charge < -0.3 is 0 Å². The van der Waals surface area contributed by atoms with Gasteiger partial charge in [0, 0.05) is 6.42 Å². The van der Waals surface area contributed by atoms with Gasteiger partial charge in [0.1, 0.15) is 18.1 Å². The van der Waals surface area contributed by atoms with Crippen molar-refractivity contribution in [3.63, 3.8) is 0 Å². The Hall–Kier alpha value is -2.73. The Bertz CT molecular complexity index is 1050. The Balaban J connectivity index is 1.74. The monoisotopic (exact) mass is 361 g/mol. The molecule has 0 spiro atoms. The van der Waals surface area contributed by atoms with Gasteiger partial charge in [0.15, 0.2) is 0 Å². The van der Waals surface area contributed by atoms with Gasteiger partial charge in [0.25, 0.3) is 0 Å². The first kappa shape index (κ1) is 17.7. The van der Waals surface area contributed by atoms with Crippen LogP contribution in [0.25, 0.3) is 21.9 Å². The lowest BCUT2D eigenvalue weighted by atomic mass is 9.78. The van der Waals surface area contributed by atoms with Gasteiger partial charge in [-0.25, -0.2) is 8.78 Å². The normalized spacial score (nSPS) is 18.9. The highest BCUT2D eigenvalue weighted by molar-refractivity contribution is 5.91. The van der Waals surface area contributed by atoms with E-state index in [9.17, 15) is 8.78 Å². The number of hydrogen-bond acceptors (Lipinski definition) is 1. The summed E-state index contributed by atoms with van der Waals surface area (Å²) in [5.41, 5.74) is 4.04. The zero-order valence-electron chi connectivity index (χ0n) is 15.3. The molecule has 4 rings (SSSR count). The van der Waals surface area contributed by atoms with E-state index in [1.165, 1.54) is 17.7 Å². The quantitative estimate of drug-likeness (QED) is 0.532. The lowest BCUT2D eigenvalue weighted by Gasteiger charge is -2.29. The fourth-order valence-electron chi connectivity index (χ4n) is 4.26. The summed E-state index contributed by atoms with van der Waals surface area (Å²) in [6.07, 6.45) is 2.45. The van der Waals surface area contributed by atoms with Crippen LogP contribution in [0.15, 0.2) is 48.5 Å². The van der Waals surface area contributed by atoms with Crippen molar-refractivity contribution < 1.29 is 8.78 Å². The summed E-state index contributed by atoms with van der Waals surface area (Å²) >= 11 is 0. The Labute approximate surface area is 158 Å². The van der Waals surface area contributed by atoms with Gasteiger partial charge in [-0.3, -0.25) is 0 Å². The first-order valence-electron chi connectivity index (χ1n) is 9.49. The van der Waals surface area contributed by atoms with Gasteiger partial charge in [-0.05, 0) is 70.0 Å². The molecule has 0 amide bonds. The van der Waals surface area contributed by atoms with Crippen LogP contribution < -0.4 is 0 Å². The van der Waals surface area contributed by atoms with Crippen molar-refractivity contribution in [1.29, 1.82) is 5.26 Å². The van der Waals surface area contributed by atoms with E-state index in [1.807, 2.05) is 24.3 Å². The average molecular weight is 361 g/mol. The summed E-state index contributed by atoms with van der Waals surface area (Å²) < 4.78 is 28.6. The molecule has 0 heterocycles. The molecule has 0 aliphatic heterocycles. The fraction of sp³-hybridized carbons (Fsp3) is 0.292. The van der Waals surface area contributed by atoms with Gasteiger partial charge in [-0.2, -0.15) is 5.26 Å². The summed E-state index contributed by atoms with van der Waals surface area (Å²) in [4.78, 5) is 0. The molecule has 0 fully saturated rings. The molecule has 1 aliphatic carbocycles. The number of halogens is 2. The maximum Gasteiger partial charge on any atom is 0.141 e. The van der Waals surface area contributed by atoms with Crippen molar-refractivity contribution in [3.05, 3.63) is 71.0 Å². The molecular formula is C24H21F2N. The van der Waals surface area contributed by atoms with Crippen molar-refractivity contribution >= 4 is 10.8 Å². The van der Waals surface area contributed by atoms with Crippen molar-refractivity contribution in [2.75, 3.05) is 0 Å². The molecule has 1 nitrogen and oxygen atoms in total. The maximum absolute atomic E-state index is 14.6. The van der Waals surface area contributed by atoms with E-state index in [4.69, 9.17) is 5.26 Å². The van der Waals surface area contributed by atoms with Gasteiger partial charge >= 0.3 is 0 Å². The Morgan fingerprint density at radius 2 is 1.81 bits per heavy atom. The van der Waals surface area contributed by atoms with Crippen LogP contribution in [0.3, 0.4) is 0 Å². The fourth-order valence-corrected chi connectivity index (χ4v) is 4.26. The predicted molar refractivity (Wildman–Crippen MR) is 105 cm³/mol. The Kier molecular flexibility index (Phi) is 4.66. The highest BCUT2D eigenvalue weighted by Gasteiger charge is 2.28. The molecule has 0 radical (unpaired) electrons. The summed E-state index contributed by atoms with van der Waals surface area (Å²) in [7, 11) is 0. The summed E-state index contributed by atoms with van der Waals surface area (Å²) in [6, 6.07) is 16.7. The highest BCUT2D eigenvalue weighted by atomic mass is 19.1. The molecule has 0 unspecified atom stereocenters. The molecule has 3 aromatic rings. The van der Waals surface area contributed by atoms with Crippen molar-refractivity contribution in [1.82, 2.24) is 0 Å². The van der Waals surface area contributed by atoms with Crippen LogP contribution in [0.5, 0.6) is 0 Å². The number of nitrogens with zero attached hydrogens (tertiary/aromatic N) is 1. The zero-order chi connectivity index (χ0) is 19.0. The van der Waals surface area contributed by atoms with Crippen LogP contribution >= 0.6 is 0 Å². The summed E-state index contributed by atoms with van der Waals surface area (Å²) in [5, 5.41) is 11.0. The summed E-state index contributed by atoms with van der Waals surface area (Å²) in [6.45, 7) is 2.11. The Morgan fingerprint density at radius 3 is 2.56 bits per heavy atom. The molecule has 0 N–H and O–H groups in total. The van der Waals surface area contributed by atoms with Crippen molar-refractivity contribution in [3.8, 4) is 17.2 Å². The molecule has 1 aliphatic rings. The zero-order valence-corrected chi connectivity index (χ0v) is 15.3. The molecular weight excluding hydrogens is 340 g/mol. The van der Waals surface area contributed by atoms with Gasteiger partial charge in [-0.15, -0.1) is 0 Å². The molecule has 0 saturated carbocycles. The van der Waals surface area contributed by atoms with Gasteiger partial charge in [0.2, 0.25) is 0 Å². The van der Waals surface area contributed by atoms with Crippen LogP contribution in [0.2, 0.25) is 0 Å². The number of benzene rings is 3. The topological polar surface area (TPSA) is 23.8 Å². The molecule has 27 heavy (non-hydrogen) atoms. The molecule has 0 aromatic heterocycles. The minimum absolute atomic E-state index is 0.0456. The van der Waals surface area contributed by atoms with Crippen LogP contribution in [-0.2, 0) is 12.8 Å². The van der Waals surface area contributed by atoms with Gasteiger partial charge in [0.05, 0.1) is 5.56 Å². The molecule has 0 saturated heterocycles. The number of nitriles is 1. The van der Waals surface area contributed by atoms with E-state index >= 15 is 0 Å². The molecule has 3 aromatic carbocycles. The van der Waals surface area contributed by atoms with Crippen LogP contribution in [0.4, 0.5) is 8.78 Å². The second-order valence-corrected chi connectivity index (χ2v) is 7.42. The Morgan fingerprint density at radius 1 is 1.04 bits per heavy atom. The first-order valence-corrected chi connectivity index (χ1v) is 9.49. The number of fused-ring (bicyclic) bond motifs is 3. The van der Waals surface area contributed by atoms with Crippen LogP contribution in [0, 0.1) is 23.1 Å². The molecule has 0 bridgehead atoms. The van der Waals surface area contributed by atoms with E-state index < -0.39 is 12.0 Å². The van der Waals surface area contributed by atoms with E-state index in [2.05, 4.69) is 19.1 Å². The van der Waals surface area contributed by atoms with E-state index in [0.29, 0.717) is 6.42 Å². The van der Waals surface area contributed by atoms with E-state index in [0.717, 1.165) is 46.7 Å². The lowest BCUT2D eigenvalue weighted by Crippen LogP contribution is -2.26. The van der Waals surface area contributed by atoms with Crippen LogP contribution in [-0.4, -0.2) is 6.17 Å². The SMILES string of the molecule is CCC[C@H]1Cc2ccc3cc(-c4ccc(C#N)c(F)c4)ccc3c2C[C@@H]1F. The van der Waals surface area contributed by atoms with E-state index in [-0.39, 0.29) is 11.5 Å². The highest BCUT2D eigenvalue weighted by Crippen LogP contribution is 2.36. The summed E-state index contributed by atoms with van der Waals surface area (Å²) in [5.74, 6) is -0.386. The second kappa shape index (κ2) is 7.12. The van der Waals surface area contributed by atoms with Crippen LogP contribution in [0.1, 0.15) is 36.5 Å². The lowest BCUT2D eigenvalue weighted by molar-refractivity contribution is 0.202. The van der Waals surface area contributed by atoms with E-state index in [1.54, 1.807) is 6.07 Å². The number of rotatable bonds is 3. The largest absolute Gasteiger partial charge is 0.247 e. The molecule has 136 valence electrons. The van der Waals surface area contributed by atoms with Gasteiger partial charge in [-0.1, -0.05) is 43.7 Å². The second-order valence-electron chi connectivity index (χ2n) is 7.42. The predicted octanol–water partition coefficient (Wildman–Crippen LogP) is 6.37. The number of alkyl halides is 1. The molecule has 3 heteroatoms. The average Bonchev–Trinajstić information content (AvgIpc) is 2.68. The first-order chi connectivity index (χ1) is 13.1. The van der Waals surface area contributed by atoms with Crippen molar-refractivity contribution in [2.45, 2.75) is 38.8 Å².